The second-order valence-corrected chi connectivity index (χ2v) is 7.18. The predicted octanol–water partition coefficient (Wildman–Crippen LogP) is 4.70. The molecule has 1 aliphatic carbocycles. The Bertz CT molecular complexity index is 742. The van der Waals surface area contributed by atoms with E-state index in [-0.39, 0.29) is 11.9 Å². The number of ether oxygens (including phenoxy) is 1. The number of thioether (sulfide) groups is 1. The lowest BCUT2D eigenvalue weighted by Gasteiger charge is -2.15. The summed E-state index contributed by atoms with van der Waals surface area (Å²) in [7, 11) is 0. The van der Waals surface area contributed by atoms with Gasteiger partial charge < -0.3 is 4.74 Å². The van der Waals surface area contributed by atoms with Crippen LogP contribution < -0.4 is 0 Å². The summed E-state index contributed by atoms with van der Waals surface area (Å²) < 4.78 is 34.8. The summed E-state index contributed by atoms with van der Waals surface area (Å²) in [6, 6.07) is 16.1. The molecule has 0 saturated carbocycles. The monoisotopic (exact) mass is 400 g/mol. The Morgan fingerprint density at radius 3 is 2.23 bits per heavy atom. The molecule has 26 heavy (non-hydrogen) atoms. The Kier molecular flexibility index (Phi) is 6.15. The molecule has 1 aliphatic rings. The van der Waals surface area contributed by atoms with Gasteiger partial charge >= 0.3 is 11.2 Å². The van der Waals surface area contributed by atoms with Crippen LogP contribution in [0.4, 0.5) is 8.78 Å². The van der Waals surface area contributed by atoms with Crippen LogP contribution in [0.5, 0.6) is 0 Å². The first kappa shape index (κ1) is 19.1. The minimum atomic E-state index is -3.98. The van der Waals surface area contributed by atoms with Crippen LogP contribution in [0.2, 0.25) is 0 Å². The van der Waals surface area contributed by atoms with Gasteiger partial charge in [0.1, 0.15) is 18.0 Å². The van der Waals surface area contributed by atoms with E-state index in [0.29, 0.717) is 5.75 Å². The fraction of sp³-hybridized carbons (Fsp3) is 0.235. The molecule has 2 aromatic carbocycles. The number of esters is 1. The summed E-state index contributed by atoms with van der Waals surface area (Å²) >= 11 is 0.601. The summed E-state index contributed by atoms with van der Waals surface area (Å²) in [5, 5.41) is 6.96. The Labute approximate surface area is 156 Å². The van der Waals surface area contributed by atoms with Crippen LogP contribution in [-0.2, 0) is 18.9 Å². The van der Waals surface area contributed by atoms with Gasteiger partial charge in [0, 0.05) is 11.7 Å². The second kappa shape index (κ2) is 8.36. The summed E-state index contributed by atoms with van der Waals surface area (Å²) in [4.78, 5) is 11.3. The molecule has 0 spiro atoms. The molecule has 0 amide bonds. The number of hydrogen-bond donors (Lipinski definition) is 1. The number of halogens is 2. The maximum atomic E-state index is 13.3. The van der Waals surface area contributed by atoms with Gasteiger partial charge in [0.05, 0.1) is 0 Å². The average Bonchev–Trinajstić information content (AvgIpc) is 2.97. The first-order valence-corrected chi connectivity index (χ1v) is 9.41. The van der Waals surface area contributed by atoms with E-state index in [0.717, 1.165) is 11.1 Å². The first-order chi connectivity index (χ1) is 12.5. The lowest BCUT2D eigenvalue weighted by Crippen LogP contribution is -2.27. The van der Waals surface area contributed by atoms with Crippen molar-refractivity contribution in [1.29, 1.82) is 0 Å². The molecular weight excluding hydrogens is 386 g/mol. The van der Waals surface area contributed by atoms with Crippen molar-refractivity contribution in [1.82, 2.24) is 0 Å². The SMILES string of the molecule is O=C(OCSCC1c2ccccc2-c2ccccc21)C(F)(F)SOOO. The highest BCUT2D eigenvalue weighted by molar-refractivity contribution is 7.99. The van der Waals surface area contributed by atoms with Crippen LogP contribution in [0.3, 0.4) is 0 Å². The third-order valence-electron chi connectivity index (χ3n) is 3.93. The third kappa shape index (κ3) is 4.02. The molecule has 0 aliphatic heterocycles. The van der Waals surface area contributed by atoms with Crippen molar-refractivity contribution < 1.29 is 32.9 Å². The highest BCUT2D eigenvalue weighted by atomic mass is 32.2. The van der Waals surface area contributed by atoms with Crippen molar-refractivity contribution in [2.75, 3.05) is 11.7 Å². The molecule has 1 N–H and O–H groups in total. The number of carbonyl (C=O) groups is 1. The Morgan fingerprint density at radius 2 is 1.65 bits per heavy atom. The lowest BCUT2D eigenvalue weighted by molar-refractivity contribution is -0.433. The lowest BCUT2D eigenvalue weighted by atomic mass is 9.99. The van der Waals surface area contributed by atoms with Crippen molar-refractivity contribution >= 4 is 29.8 Å². The Morgan fingerprint density at radius 1 is 1.08 bits per heavy atom. The van der Waals surface area contributed by atoms with Crippen molar-refractivity contribution in [2.24, 2.45) is 0 Å². The van der Waals surface area contributed by atoms with Crippen LogP contribution in [-0.4, -0.2) is 28.2 Å². The molecule has 2 aromatic rings. The van der Waals surface area contributed by atoms with E-state index < -0.39 is 23.3 Å². The topological polar surface area (TPSA) is 65.0 Å². The summed E-state index contributed by atoms with van der Waals surface area (Å²) in [5.74, 6) is -1.31. The summed E-state index contributed by atoms with van der Waals surface area (Å²) in [6.07, 6.45) is 0. The maximum Gasteiger partial charge on any atom is 0.415 e. The molecule has 0 aromatic heterocycles. The van der Waals surface area contributed by atoms with Crippen LogP contribution in [0.15, 0.2) is 48.5 Å². The third-order valence-corrected chi connectivity index (χ3v) is 5.29. The minimum Gasteiger partial charge on any atom is -0.449 e. The van der Waals surface area contributed by atoms with Crippen molar-refractivity contribution in [3.63, 3.8) is 0 Å². The van der Waals surface area contributed by atoms with E-state index in [1.54, 1.807) is 0 Å². The highest BCUT2D eigenvalue weighted by Gasteiger charge is 2.44. The van der Waals surface area contributed by atoms with E-state index in [1.807, 2.05) is 36.4 Å². The molecule has 0 bridgehead atoms. The van der Waals surface area contributed by atoms with E-state index >= 15 is 0 Å². The average molecular weight is 400 g/mol. The molecule has 3 rings (SSSR count). The molecule has 0 unspecified atom stereocenters. The highest BCUT2D eigenvalue weighted by Crippen LogP contribution is 2.45. The van der Waals surface area contributed by atoms with E-state index in [2.05, 4.69) is 26.2 Å². The first-order valence-electron chi connectivity index (χ1n) is 7.51. The zero-order valence-electron chi connectivity index (χ0n) is 13.3. The van der Waals surface area contributed by atoms with Crippen molar-refractivity contribution in [2.45, 2.75) is 11.2 Å². The maximum absolute atomic E-state index is 13.3. The molecule has 5 nitrogen and oxygen atoms in total. The summed E-state index contributed by atoms with van der Waals surface area (Å²) in [5.41, 5.74) is 4.66. The van der Waals surface area contributed by atoms with Gasteiger partial charge in [-0.05, 0) is 22.3 Å². The van der Waals surface area contributed by atoms with Gasteiger partial charge in [0.25, 0.3) is 0 Å². The molecule has 0 fully saturated rings. The number of carbonyl (C=O) groups excluding carboxylic acids is 1. The van der Waals surface area contributed by atoms with E-state index in [1.165, 1.54) is 22.9 Å². The second-order valence-electron chi connectivity index (χ2n) is 5.39. The molecule has 0 heterocycles. The Hall–Kier alpha value is -1.65. The number of rotatable bonds is 8. The van der Waals surface area contributed by atoms with Crippen LogP contribution in [0.1, 0.15) is 17.0 Å². The van der Waals surface area contributed by atoms with Gasteiger partial charge in [-0.15, -0.1) is 16.1 Å². The quantitative estimate of drug-likeness (QED) is 0.172. The van der Waals surface area contributed by atoms with Crippen LogP contribution in [0, 0.1) is 0 Å². The van der Waals surface area contributed by atoms with Gasteiger partial charge in [-0.3, -0.25) is 0 Å². The molecule has 138 valence electrons. The molecule has 0 saturated heterocycles. The number of fused-ring (bicyclic) bond motifs is 3. The predicted molar refractivity (Wildman–Crippen MR) is 94.5 cm³/mol. The van der Waals surface area contributed by atoms with Gasteiger partial charge in [-0.25, -0.2) is 10.1 Å². The summed E-state index contributed by atoms with van der Waals surface area (Å²) in [6.45, 7) is 0. The van der Waals surface area contributed by atoms with Gasteiger partial charge in [-0.2, -0.15) is 8.78 Å². The van der Waals surface area contributed by atoms with Gasteiger partial charge in [0.15, 0.2) is 0 Å². The molecule has 0 radical (unpaired) electrons. The van der Waals surface area contributed by atoms with E-state index in [4.69, 9.17) is 5.26 Å². The largest absolute Gasteiger partial charge is 0.449 e. The van der Waals surface area contributed by atoms with E-state index in [9.17, 15) is 13.6 Å². The zero-order chi connectivity index (χ0) is 18.6. The fourth-order valence-electron chi connectivity index (χ4n) is 2.88. The minimum absolute atomic E-state index is 0.104. The van der Waals surface area contributed by atoms with Gasteiger partial charge in [-0.1, -0.05) is 53.6 Å². The standard InChI is InChI=1S/C17H14F2O5S2/c18-17(19,26-24-23-21)16(20)22-10-25-9-15-13-7-3-1-5-11(13)12-6-2-4-8-14(12)15/h1-8,15,21H,9-10H2. The smallest absolute Gasteiger partial charge is 0.415 e. The van der Waals surface area contributed by atoms with Crippen LogP contribution >= 0.6 is 23.8 Å². The molecule has 9 heteroatoms. The number of hydrogen-bond acceptors (Lipinski definition) is 7. The normalized spacial score (nSPS) is 13.3. The number of alkyl halides is 2. The zero-order valence-corrected chi connectivity index (χ0v) is 14.9. The molecule has 0 atom stereocenters. The molecular formula is C17H14F2O5S2. The fourth-order valence-corrected chi connectivity index (χ4v) is 4.00. The van der Waals surface area contributed by atoms with Crippen molar-refractivity contribution in [3.05, 3.63) is 59.7 Å². The van der Waals surface area contributed by atoms with Gasteiger partial charge in [0.2, 0.25) is 0 Å². The Balaban J connectivity index is 1.58. The van der Waals surface area contributed by atoms with Crippen molar-refractivity contribution in [3.8, 4) is 11.1 Å². The number of benzene rings is 2. The van der Waals surface area contributed by atoms with Crippen LogP contribution in [0.25, 0.3) is 11.1 Å².